The zero-order valence-electron chi connectivity index (χ0n) is 22.0. The molecule has 0 radical (unpaired) electrons. The summed E-state index contributed by atoms with van der Waals surface area (Å²) >= 11 is 0. The van der Waals surface area contributed by atoms with Gasteiger partial charge in [-0.1, -0.05) is 62.7 Å². The van der Waals surface area contributed by atoms with Gasteiger partial charge in [0, 0.05) is 12.0 Å². The first-order valence-electron chi connectivity index (χ1n) is 12.9. The molecule has 5 nitrogen and oxygen atoms in total. The third-order valence-electron chi connectivity index (χ3n) is 6.62. The second kappa shape index (κ2) is 11.7. The van der Waals surface area contributed by atoms with Gasteiger partial charge in [0.05, 0.1) is 29.1 Å². The monoisotopic (exact) mass is 491 g/mol. The second-order valence-corrected chi connectivity index (χ2v) is 9.34. The Bertz CT molecular complexity index is 1460. The molecule has 0 N–H and O–H groups in total. The van der Waals surface area contributed by atoms with Crippen LogP contribution in [0.4, 0.5) is 0 Å². The summed E-state index contributed by atoms with van der Waals surface area (Å²) in [4.78, 5) is 18.7. The molecular formula is C32H33N3O2. The summed E-state index contributed by atoms with van der Waals surface area (Å²) in [6, 6.07) is 25.6. The topological polar surface area (TPSA) is 67.9 Å². The van der Waals surface area contributed by atoms with E-state index in [2.05, 4.69) is 19.9 Å². The Morgan fingerprint density at radius 2 is 1.70 bits per heavy atom. The molecular weight excluding hydrogens is 458 g/mol. The van der Waals surface area contributed by atoms with Crippen molar-refractivity contribution in [3.63, 3.8) is 0 Å². The fraction of sp³-hybridized carbons (Fsp3) is 0.281. The minimum atomic E-state index is -0.0366. The molecule has 37 heavy (non-hydrogen) atoms. The lowest BCUT2D eigenvalue weighted by molar-refractivity contribution is 0.217. The van der Waals surface area contributed by atoms with E-state index in [1.807, 2.05) is 86.6 Å². The summed E-state index contributed by atoms with van der Waals surface area (Å²) in [6.45, 7) is 8.12. The maximum atomic E-state index is 13.8. The van der Waals surface area contributed by atoms with E-state index in [1.54, 1.807) is 4.57 Å². The van der Waals surface area contributed by atoms with Crippen LogP contribution in [0, 0.1) is 18.3 Å². The number of aromatic nitrogens is 2. The lowest BCUT2D eigenvalue weighted by atomic mass is 9.97. The van der Waals surface area contributed by atoms with Crippen LogP contribution >= 0.6 is 0 Å². The van der Waals surface area contributed by atoms with Gasteiger partial charge in [-0.2, -0.15) is 5.26 Å². The molecule has 0 aliphatic rings. The normalized spacial score (nSPS) is 11.6. The van der Waals surface area contributed by atoms with Crippen molar-refractivity contribution in [2.45, 2.75) is 59.5 Å². The van der Waals surface area contributed by atoms with Crippen molar-refractivity contribution in [1.29, 1.82) is 5.26 Å². The average molecular weight is 492 g/mol. The fourth-order valence-electron chi connectivity index (χ4n) is 4.47. The number of benzene rings is 3. The highest BCUT2D eigenvalue weighted by atomic mass is 16.5. The van der Waals surface area contributed by atoms with E-state index in [-0.39, 0.29) is 11.7 Å². The molecule has 0 bridgehead atoms. The summed E-state index contributed by atoms with van der Waals surface area (Å²) < 4.78 is 7.60. The minimum Gasteiger partial charge on any atom is -0.491 e. The maximum absolute atomic E-state index is 13.8. The van der Waals surface area contributed by atoms with Crippen molar-refractivity contribution in [1.82, 2.24) is 9.55 Å². The molecule has 0 aliphatic carbocycles. The first-order chi connectivity index (χ1) is 17.9. The van der Waals surface area contributed by atoms with Crippen LogP contribution in [-0.4, -0.2) is 15.7 Å². The Morgan fingerprint density at radius 1 is 1.00 bits per heavy atom. The van der Waals surface area contributed by atoms with Crippen molar-refractivity contribution in [2.24, 2.45) is 0 Å². The predicted octanol–water partition coefficient (Wildman–Crippen LogP) is 6.80. The molecule has 188 valence electrons. The summed E-state index contributed by atoms with van der Waals surface area (Å²) in [5, 5.41) is 9.45. The van der Waals surface area contributed by atoms with Crippen LogP contribution in [0.2, 0.25) is 0 Å². The molecule has 0 spiro atoms. The molecule has 3 aromatic carbocycles. The quantitative estimate of drug-likeness (QED) is 0.258. The number of nitriles is 1. The van der Waals surface area contributed by atoms with Gasteiger partial charge in [0.1, 0.15) is 11.6 Å². The van der Waals surface area contributed by atoms with Crippen molar-refractivity contribution in [2.75, 3.05) is 0 Å². The number of rotatable bonds is 9. The van der Waals surface area contributed by atoms with Gasteiger partial charge < -0.3 is 4.74 Å². The van der Waals surface area contributed by atoms with Crippen LogP contribution < -0.4 is 10.3 Å². The van der Waals surface area contributed by atoms with Crippen LogP contribution in [0.3, 0.4) is 0 Å². The molecule has 1 atom stereocenters. The third-order valence-corrected chi connectivity index (χ3v) is 6.62. The van der Waals surface area contributed by atoms with Gasteiger partial charge in [0.15, 0.2) is 0 Å². The van der Waals surface area contributed by atoms with Gasteiger partial charge in [-0.25, -0.2) is 4.98 Å². The smallest absolute Gasteiger partial charge is 0.261 e. The van der Waals surface area contributed by atoms with Crippen molar-refractivity contribution < 1.29 is 4.74 Å². The van der Waals surface area contributed by atoms with Gasteiger partial charge >= 0.3 is 0 Å². The van der Waals surface area contributed by atoms with Gasteiger partial charge in [0.25, 0.3) is 5.56 Å². The molecule has 4 aromatic rings. The van der Waals surface area contributed by atoms with Crippen LogP contribution in [0.25, 0.3) is 16.8 Å². The van der Waals surface area contributed by atoms with Gasteiger partial charge in [-0.3, -0.25) is 9.36 Å². The highest BCUT2D eigenvalue weighted by molar-refractivity contribution is 5.70. The van der Waals surface area contributed by atoms with Crippen LogP contribution in [0.15, 0.2) is 77.6 Å². The summed E-state index contributed by atoms with van der Waals surface area (Å²) in [7, 11) is 0. The van der Waals surface area contributed by atoms with Crippen LogP contribution in [-0.2, 0) is 12.8 Å². The molecule has 1 aromatic heterocycles. The SMILES string of the molecule is CCCc1nc(C)n(-c2ccc(OC(C)CC)cc2)c(=O)c1Cc1ccc(-c2ccccc2C#N)cc1. The molecule has 5 heteroatoms. The number of hydrogen-bond donors (Lipinski definition) is 0. The molecule has 0 fully saturated rings. The van der Waals surface area contributed by atoms with Crippen molar-refractivity contribution >= 4 is 0 Å². The largest absolute Gasteiger partial charge is 0.491 e. The van der Waals surface area contributed by atoms with E-state index < -0.39 is 0 Å². The van der Waals surface area contributed by atoms with E-state index in [0.29, 0.717) is 17.8 Å². The fourth-order valence-corrected chi connectivity index (χ4v) is 4.47. The van der Waals surface area contributed by atoms with Crippen LogP contribution in [0.1, 0.15) is 61.8 Å². The second-order valence-electron chi connectivity index (χ2n) is 9.34. The highest BCUT2D eigenvalue weighted by Gasteiger charge is 2.16. The number of aryl methyl sites for hydroxylation is 2. The Balaban J connectivity index is 1.69. The molecule has 1 unspecified atom stereocenters. The predicted molar refractivity (Wildman–Crippen MR) is 148 cm³/mol. The lowest BCUT2D eigenvalue weighted by Crippen LogP contribution is -2.28. The summed E-state index contributed by atoms with van der Waals surface area (Å²) in [5.41, 5.74) is 5.88. The van der Waals surface area contributed by atoms with E-state index in [4.69, 9.17) is 9.72 Å². The first-order valence-corrected chi connectivity index (χ1v) is 12.9. The van der Waals surface area contributed by atoms with Crippen LogP contribution in [0.5, 0.6) is 5.75 Å². The van der Waals surface area contributed by atoms with Gasteiger partial charge in [0.2, 0.25) is 0 Å². The molecule has 0 saturated heterocycles. The zero-order chi connectivity index (χ0) is 26.4. The Morgan fingerprint density at radius 3 is 2.35 bits per heavy atom. The third kappa shape index (κ3) is 5.81. The van der Waals surface area contributed by atoms with E-state index in [9.17, 15) is 10.1 Å². The first kappa shape index (κ1) is 25.9. The number of hydrogen-bond acceptors (Lipinski definition) is 4. The Kier molecular flexibility index (Phi) is 8.20. The molecule has 4 rings (SSSR count). The van der Waals surface area contributed by atoms with Gasteiger partial charge in [-0.15, -0.1) is 0 Å². The standard InChI is InChI=1S/C32H33N3O2/c1-5-9-31-30(20-24-12-14-25(15-13-24)29-11-8-7-10-26(29)21-33)32(36)35(23(4)34-31)27-16-18-28(19-17-27)37-22(3)6-2/h7-8,10-19,22H,5-6,9,20H2,1-4H3. The van der Waals surface area contributed by atoms with Crippen molar-refractivity contribution in [3.05, 3.63) is 111 Å². The zero-order valence-corrected chi connectivity index (χ0v) is 22.0. The Labute approximate surface area is 219 Å². The summed E-state index contributed by atoms with van der Waals surface area (Å²) in [6.07, 6.45) is 3.22. The highest BCUT2D eigenvalue weighted by Crippen LogP contribution is 2.25. The van der Waals surface area contributed by atoms with E-state index in [0.717, 1.165) is 58.6 Å². The minimum absolute atomic E-state index is 0.0366. The van der Waals surface area contributed by atoms with E-state index in [1.165, 1.54) is 0 Å². The van der Waals surface area contributed by atoms with Gasteiger partial charge in [-0.05, 0) is 73.7 Å². The molecule has 0 aliphatic heterocycles. The maximum Gasteiger partial charge on any atom is 0.261 e. The lowest BCUT2D eigenvalue weighted by Gasteiger charge is -2.17. The average Bonchev–Trinajstić information content (AvgIpc) is 2.92. The molecule has 0 saturated carbocycles. The summed E-state index contributed by atoms with van der Waals surface area (Å²) in [5.74, 6) is 1.47. The molecule has 0 amide bonds. The molecule has 1 heterocycles. The van der Waals surface area contributed by atoms with E-state index >= 15 is 0 Å². The number of ether oxygens (including phenoxy) is 1. The Hall–Kier alpha value is -4.17. The number of nitrogens with zero attached hydrogens (tertiary/aromatic N) is 3. The van der Waals surface area contributed by atoms with Crippen molar-refractivity contribution in [3.8, 4) is 28.6 Å².